The number of carbonyl (C=O) groups is 2. The number of benzene rings is 2. The zero-order chi connectivity index (χ0) is 25.1. The lowest BCUT2D eigenvalue weighted by atomic mass is 10.2. The van der Waals surface area contributed by atoms with Crippen molar-refractivity contribution in [2.75, 3.05) is 0 Å². The second-order valence-corrected chi connectivity index (χ2v) is 9.53. The van der Waals surface area contributed by atoms with E-state index in [1.165, 1.54) is 13.8 Å². The maximum absolute atomic E-state index is 11.1. The summed E-state index contributed by atoms with van der Waals surface area (Å²) in [6, 6.07) is 14.6. The molecule has 0 radical (unpaired) electrons. The number of rotatable bonds is 13. The zero-order valence-electron chi connectivity index (χ0n) is 20.5. The van der Waals surface area contributed by atoms with Gasteiger partial charge in [0.1, 0.15) is 11.5 Å². The third-order valence-corrected chi connectivity index (χ3v) is 5.23. The molecule has 0 aliphatic heterocycles. The van der Waals surface area contributed by atoms with E-state index in [9.17, 15) is 9.59 Å². The van der Waals surface area contributed by atoms with Crippen molar-refractivity contribution in [3.05, 3.63) is 59.7 Å². The number of hydrazine groups is 2. The van der Waals surface area contributed by atoms with Gasteiger partial charge >= 0.3 is 11.9 Å². The van der Waals surface area contributed by atoms with E-state index >= 15 is 0 Å². The fourth-order valence-corrected chi connectivity index (χ4v) is 4.15. The number of hydrogen-bond acceptors (Lipinski definition) is 9. The van der Waals surface area contributed by atoms with Gasteiger partial charge in [0.2, 0.25) is 0 Å². The standard InChI is InChI=1S/C24H34N3O6P/c1-17(2)25-27(26-18(3)4)34(30-15-21-7-11-23(12-8-21)32-19(5)28)31-16-22-9-13-24(14-10-22)33-20(6)29/h7-14,17-18,25-26H,15-16H2,1-6H3. The molecule has 0 spiro atoms. The van der Waals surface area contributed by atoms with Gasteiger partial charge in [0.25, 0.3) is 8.53 Å². The van der Waals surface area contributed by atoms with E-state index in [-0.39, 0.29) is 24.0 Å². The molecule has 0 fully saturated rings. The summed E-state index contributed by atoms with van der Waals surface area (Å²) in [6.07, 6.45) is 0. The molecule has 0 saturated heterocycles. The normalized spacial score (nSPS) is 11.5. The predicted molar refractivity (Wildman–Crippen MR) is 130 cm³/mol. The van der Waals surface area contributed by atoms with Crippen LogP contribution in [-0.2, 0) is 31.9 Å². The van der Waals surface area contributed by atoms with Crippen LogP contribution in [0, 0.1) is 0 Å². The highest BCUT2D eigenvalue weighted by atomic mass is 31.2. The van der Waals surface area contributed by atoms with Crippen LogP contribution < -0.4 is 20.3 Å². The minimum atomic E-state index is -1.54. The van der Waals surface area contributed by atoms with Crippen LogP contribution in [0.4, 0.5) is 0 Å². The fraction of sp³-hybridized carbons (Fsp3) is 0.417. The van der Waals surface area contributed by atoms with E-state index in [4.69, 9.17) is 18.5 Å². The zero-order valence-corrected chi connectivity index (χ0v) is 21.4. The van der Waals surface area contributed by atoms with Gasteiger partial charge in [0, 0.05) is 25.9 Å². The number of hydrogen-bond donors (Lipinski definition) is 2. The first kappa shape index (κ1) is 27.9. The Morgan fingerprint density at radius 1 is 0.735 bits per heavy atom. The van der Waals surface area contributed by atoms with Crippen molar-refractivity contribution in [3.63, 3.8) is 0 Å². The Kier molecular flexibility index (Phi) is 11.6. The summed E-state index contributed by atoms with van der Waals surface area (Å²) in [5, 5.41) is 0. The van der Waals surface area contributed by atoms with E-state index in [1.54, 1.807) is 29.2 Å². The molecule has 0 heterocycles. The number of carbonyl (C=O) groups excluding carboxylic acids is 2. The van der Waals surface area contributed by atoms with Crippen LogP contribution in [0.5, 0.6) is 11.5 Å². The van der Waals surface area contributed by atoms with E-state index in [2.05, 4.69) is 10.9 Å². The molecule has 2 aromatic rings. The number of esters is 2. The number of nitrogens with one attached hydrogen (secondary N) is 2. The molecule has 2 rings (SSSR count). The van der Waals surface area contributed by atoms with E-state index in [1.807, 2.05) is 52.0 Å². The molecule has 0 saturated carbocycles. The Labute approximate surface area is 202 Å². The molecule has 2 aromatic carbocycles. The second-order valence-electron chi connectivity index (χ2n) is 8.14. The third kappa shape index (κ3) is 10.7. The largest absolute Gasteiger partial charge is 0.427 e. The Bertz CT molecular complexity index is 832. The van der Waals surface area contributed by atoms with Crippen LogP contribution >= 0.6 is 8.53 Å². The Morgan fingerprint density at radius 2 is 1.09 bits per heavy atom. The van der Waals surface area contributed by atoms with Gasteiger partial charge in [0.05, 0.1) is 13.2 Å². The van der Waals surface area contributed by atoms with Crippen LogP contribution in [0.1, 0.15) is 52.7 Å². The Morgan fingerprint density at radius 3 is 1.38 bits per heavy atom. The van der Waals surface area contributed by atoms with Gasteiger partial charge in [-0.05, 0) is 63.1 Å². The summed E-state index contributed by atoms with van der Waals surface area (Å²) in [5.41, 5.74) is 8.48. The maximum atomic E-state index is 11.1. The molecule has 2 N–H and O–H groups in total. The van der Waals surface area contributed by atoms with Crippen LogP contribution in [0.25, 0.3) is 0 Å². The smallest absolute Gasteiger partial charge is 0.308 e. The predicted octanol–water partition coefficient (Wildman–Crippen LogP) is 4.63. The van der Waals surface area contributed by atoms with Gasteiger partial charge in [-0.25, -0.2) is 10.9 Å². The monoisotopic (exact) mass is 491 g/mol. The van der Waals surface area contributed by atoms with Crippen LogP contribution in [-0.4, -0.2) is 28.9 Å². The molecule has 0 amide bonds. The Balaban J connectivity index is 2.09. The van der Waals surface area contributed by atoms with Gasteiger partial charge < -0.3 is 18.5 Å². The molecular formula is C24H34N3O6P. The van der Waals surface area contributed by atoms with Gasteiger partial charge in [-0.15, -0.1) is 4.89 Å². The molecule has 9 nitrogen and oxygen atoms in total. The summed E-state index contributed by atoms with van der Waals surface area (Å²) >= 11 is 0. The highest BCUT2D eigenvalue weighted by Crippen LogP contribution is 2.42. The van der Waals surface area contributed by atoms with Crippen molar-refractivity contribution in [3.8, 4) is 11.5 Å². The lowest BCUT2D eigenvalue weighted by molar-refractivity contribution is -0.132. The Hall–Kier alpha value is -2.39. The van der Waals surface area contributed by atoms with Gasteiger partial charge in [-0.3, -0.25) is 9.59 Å². The van der Waals surface area contributed by atoms with Crippen molar-refractivity contribution in [2.45, 2.75) is 66.8 Å². The lowest BCUT2D eigenvalue weighted by Crippen LogP contribution is -2.50. The summed E-state index contributed by atoms with van der Waals surface area (Å²) in [4.78, 5) is 24.0. The molecule has 34 heavy (non-hydrogen) atoms. The molecule has 10 heteroatoms. The van der Waals surface area contributed by atoms with Crippen molar-refractivity contribution in [1.82, 2.24) is 15.7 Å². The summed E-state index contributed by atoms with van der Waals surface area (Å²) in [6.45, 7) is 11.5. The number of nitrogens with zero attached hydrogens (tertiary/aromatic N) is 1. The van der Waals surface area contributed by atoms with Crippen molar-refractivity contribution in [2.24, 2.45) is 0 Å². The average Bonchev–Trinajstić information content (AvgIpc) is 2.74. The minimum Gasteiger partial charge on any atom is -0.427 e. The molecule has 0 unspecified atom stereocenters. The van der Waals surface area contributed by atoms with Gasteiger partial charge in [0.15, 0.2) is 0 Å². The molecule has 0 aliphatic carbocycles. The molecule has 0 aromatic heterocycles. The van der Waals surface area contributed by atoms with E-state index in [0.717, 1.165) is 11.1 Å². The first-order chi connectivity index (χ1) is 16.1. The third-order valence-electron chi connectivity index (χ3n) is 3.98. The molecule has 0 aliphatic rings. The maximum Gasteiger partial charge on any atom is 0.308 e. The summed E-state index contributed by atoms with van der Waals surface area (Å²) in [5.74, 6) is 0.238. The molecule has 186 valence electrons. The molecule has 0 atom stereocenters. The SMILES string of the molecule is CC(=O)Oc1ccc(COP(OCc2ccc(OC(C)=O)cc2)N(NC(C)C)NC(C)C)cc1. The molecular weight excluding hydrogens is 457 g/mol. The van der Waals surface area contributed by atoms with Crippen molar-refractivity contribution in [1.29, 1.82) is 0 Å². The number of ether oxygens (including phenoxy) is 2. The van der Waals surface area contributed by atoms with Gasteiger partial charge in [-0.2, -0.15) is 0 Å². The van der Waals surface area contributed by atoms with Crippen molar-refractivity contribution < 1.29 is 28.1 Å². The topological polar surface area (TPSA) is 98.4 Å². The van der Waals surface area contributed by atoms with E-state index in [0.29, 0.717) is 24.7 Å². The lowest BCUT2D eigenvalue weighted by Gasteiger charge is -2.33. The highest BCUT2D eigenvalue weighted by Gasteiger charge is 2.24. The summed E-state index contributed by atoms with van der Waals surface area (Å²) < 4.78 is 22.5. The second kappa shape index (κ2) is 14.1. The first-order valence-electron chi connectivity index (χ1n) is 11.1. The van der Waals surface area contributed by atoms with Crippen molar-refractivity contribution >= 4 is 20.5 Å². The van der Waals surface area contributed by atoms with Crippen LogP contribution in [0.15, 0.2) is 48.5 Å². The quantitative estimate of drug-likeness (QED) is 0.180. The fourth-order valence-electron chi connectivity index (χ4n) is 2.67. The first-order valence-corrected chi connectivity index (χ1v) is 12.2. The van der Waals surface area contributed by atoms with Gasteiger partial charge in [-0.1, -0.05) is 24.3 Å². The van der Waals surface area contributed by atoms with Crippen LogP contribution in [0.2, 0.25) is 0 Å². The average molecular weight is 492 g/mol. The van der Waals surface area contributed by atoms with E-state index < -0.39 is 8.53 Å². The van der Waals surface area contributed by atoms with Crippen LogP contribution in [0.3, 0.4) is 0 Å². The minimum absolute atomic E-state index is 0.148. The summed E-state index contributed by atoms with van der Waals surface area (Å²) in [7, 11) is -1.54. The highest BCUT2D eigenvalue weighted by molar-refractivity contribution is 7.44. The molecule has 0 bridgehead atoms.